The van der Waals surface area contributed by atoms with Crippen LogP contribution in [0.3, 0.4) is 0 Å². The van der Waals surface area contributed by atoms with E-state index >= 15 is 0 Å². The van der Waals surface area contributed by atoms with Crippen molar-refractivity contribution >= 4 is 5.91 Å². The van der Waals surface area contributed by atoms with Gasteiger partial charge in [0.1, 0.15) is 6.61 Å². The molecule has 2 aliphatic heterocycles. The molecule has 24 heavy (non-hydrogen) atoms. The van der Waals surface area contributed by atoms with Crippen LogP contribution in [0.25, 0.3) is 0 Å². The van der Waals surface area contributed by atoms with Gasteiger partial charge in [-0.1, -0.05) is 0 Å². The van der Waals surface area contributed by atoms with E-state index in [0.717, 1.165) is 32.4 Å². The minimum absolute atomic E-state index is 0.143. The Bertz CT molecular complexity index is 521. The smallest absolute Gasteiger partial charge is 0.248 e. The predicted octanol–water partition coefficient (Wildman–Crippen LogP) is 1.81. The maximum Gasteiger partial charge on any atom is 0.248 e. The van der Waals surface area contributed by atoms with Gasteiger partial charge < -0.3 is 14.9 Å². The van der Waals surface area contributed by atoms with Crippen LogP contribution < -0.4 is 0 Å². The highest BCUT2D eigenvalue weighted by molar-refractivity contribution is 5.77. The number of aliphatic hydroxyl groups is 1. The molecule has 0 unspecified atom stereocenters. The molecule has 0 saturated carbocycles. The lowest BCUT2D eigenvalue weighted by molar-refractivity contribution is -0.135. The summed E-state index contributed by atoms with van der Waals surface area (Å²) >= 11 is 0. The molecule has 0 spiro atoms. The van der Waals surface area contributed by atoms with E-state index in [4.69, 9.17) is 5.11 Å². The summed E-state index contributed by atoms with van der Waals surface area (Å²) in [7, 11) is 0. The molecule has 1 aromatic rings. The second-order valence-corrected chi connectivity index (χ2v) is 7.21. The lowest BCUT2D eigenvalue weighted by Crippen LogP contribution is -2.46. The zero-order valence-corrected chi connectivity index (χ0v) is 14.5. The van der Waals surface area contributed by atoms with Gasteiger partial charge in [-0.15, -0.1) is 0 Å². The van der Waals surface area contributed by atoms with Gasteiger partial charge in [0, 0.05) is 25.5 Å². The lowest BCUT2D eigenvalue weighted by Gasteiger charge is -2.42. The molecular weight excluding hydrogens is 302 g/mol. The number of carbonyl (C=O) groups excluding carboxylic acids is 1. The van der Waals surface area contributed by atoms with Gasteiger partial charge in [-0.2, -0.15) is 0 Å². The van der Waals surface area contributed by atoms with Gasteiger partial charge in [0.2, 0.25) is 5.91 Å². The molecule has 1 aromatic heterocycles. The number of piperidine rings is 1. The van der Waals surface area contributed by atoms with Crippen molar-refractivity contribution in [2.24, 2.45) is 0 Å². The first kappa shape index (κ1) is 17.4. The summed E-state index contributed by atoms with van der Waals surface area (Å²) in [6, 6.07) is 4.28. The van der Waals surface area contributed by atoms with Crippen LogP contribution >= 0.6 is 0 Å². The van der Waals surface area contributed by atoms with Crippen molar-refractivity contribution in [2.75, 3.05) is 39.3 Å². The zero-order valence-electron chi connectivity index (χ0n) is 14.5. The van der Waals surface area contributed by atoms with E-state index in [1.54, 1.807) is 4.90 Å². The van der Waals surface area contributed by atoms with Crippen molar-refractivity contribution in [3.63, 3.8) is 0 Å². The van der Waals surface area contributed by atoms with Crippen molar-refractivity contribution in [2.45, 2.75) is 43.9 Å². The van der Waals surface area contributed by atoms with Crippen LogP contribution in [0, 0.1) is 0 Å². The minimum atomic E-state index is -0.378. The second kappa shape index (κ2) is 8.08. The molecule has 0 radical (unpaired) electrons. The molecule has 2 aliphatic rings. The van der Waals surface area contributed by atoms with Gasteiger partial charge in [-0.3, -0.25) is 9.78 Å². The monoisotopic (exact) mass is 331 g/mol. The van der Waals surface area contributed by atoms with Crippen LogP contribution in [0.4, 0.5) is 0 Å². The largest absolute Gasteiger partial charge is 0.387 e. The van der Waals surface area contributed by atoms with Crippen LogP contribution in [-0.4, -0.2) is 65.1 Å². The van der Waals surface area contributed by atoms with Crippen LogP contribution in [0.1, 0.15) is 44.1 Å². The topological polar surface area (TPSA) is 56.7 Å². The van der Waals surface area contributed by atoms with Crippen LogP contribution in [0.5, 0.6) is 0 Å². The van der Waals surface area contributed by atoms with Crippen molar-refractivity contribution in [1.29, 1.82) is 0 Å². The number of carbonyl (C=O) groups is 1. The van der Waals surface area contributed by atoms with Crippen LogP contribution in [0.15, 0.2) is 24.5 Å². The predicted molar refractivity (Wildman–Crippen MR) is 93.7 cm³/mol. The lowest BCUT2D eigenvalue weighted by atomic mass is 9.70. The van der Waals surface area contributed by atoms with Gasteiger partial charge in [0.15, 0.2) is 0 Å². The van der Waals surface area contributed by atoms with Crippen LogP contribution in [-0.2, 0) is 10.2 Å². The molecule has 5 nitrogen and oxygen atoms in total. The number of aromatic nitrogens is 1. The molecule has 2 fully saturated rings. The Morgan fingerprint density at radius 3 is 2.42 bits per heavy atom. The Kier molecular flexibility index (Phi) is 5.85. The molecule has 1 amide bonds. The fourth-order valence-electron chi connectivity index (χ4n) is 4.32. The van der Waals surface area contributed by atoms with Gasteiger partial charge in [-0.25, -0.2) is 0 Å². The standard InChI is InChI=1S/C19H29N3O2/c23-16-18(24)22-14-7-19(8-15-22,17-4-9-20-10-5-17)6-3-13-21-11-1-2-12-21/h4-5,9-10,23H,1-3,6-8,11-16H2. The van der Waals surface area contributed by atoms with E-state index in [0.29, 0.717) is 0 Å². The molecule has 3 heterocycles. The van der Waals surface area contributed by atoms with E-state index in [1.807, 2.05) is 12.4 Å². The Morgan fingerprint density at radius 1 is 1.12 bits per heavy atom. The highest BCUT2D eigenvalue weighted by atomic mass is 16.3. The van der Waals surface area contributed by atoms with Gasteiger partial charge in [-0.05, 0) is 81.3 Å². The number of rotatable bonds is 6. The van der Waals surface area contributed by atoms with Gasteiger partial charge >= 0.3 is 0 Å². The molecule has 3 rings (SSSR count). The third-order valence-electron chi connectivity index (χ3n) is 5.83. The Balaban J connectivity index is 1.65. The summed E-state index contributed by atoms with van der Waals surface area (Å²) in [6.07, 6.45) is 10.8. The molecular formula is C19H29N3O2. The fraction of sp³-hybridized carbons (Fsp3) is 0.684. The zero-order chi connectivity index (χ0) is 16.8. The third-order valence-corrected chi connectivity index (χ3v) is 5.83. The van der Waals surface area contributed by atoms with Crippen molar-refractivity contribution in [3.05, 3.63) is 30.1 Å². The van der Waals surface area contributed by atoms with Gasteiger partial charge in [0.05, 0.1) is 0 Å². The summed E-state index contributed by atoms with van der Waals surface area (Å²) in [5.41, 5.74) is 1.50. The summed E-state index contributed by atoms with van der Waals surface area (Å²) in [6.45, 7) is 4.79. The van der Waals surface area contributed by atoms with E-state index in [1.165, 1.54) is 44.5 Å². The minimum Gasteiger partial charge on any atom is -0.387 e. The van der Waals surface area contributed by atoms with E-state index in [2.05, 4.69) is 22.0 Å². The molecule has 2 saturated heterocycles. The quantitative estimate of drug-likeness (QED) is 0.864. The fourth-order valence-corrected chi connectivity index (χ4v) is 4.32. The maximum absolute atomic E-state index is 11.8. The number of pyridine rings is 1. The highest BCUT2D eigenvalue weighted by Gasteiger charge is 2.36. The molecule has 0 bridgehead atoms. The average molecular weight is 331 g/mol. The van der Waals surface area contributed by atoms with Crippen molar-refractivity contribution in [3.8, 4) is 0 Å². The molecule has 0 aromatic carbocycles. The summed E-state index contributed by atoms with van der Waals surface area (Å²) < 4.78 is 0. The molecule has 0 aliphatic carbocycles. The molecule has 5 heteroatoms. The SMILES string of the molecule is O=C(CO)N1CCC(CCCN2CCCC2)(c2ccncc2)CC1. The highest BCUT2D eigenvalue weighted by Crippen LogP contribution is 2.39. The molecule has 0 atom stereocenters. The first-order valence-electron chi connectivity index (χ1n) is 9.25. The van der Waals surface area contributed by atoms with E-state index in [9.17, 15) is 4.79 Å². The first-order valence-corrected chi connectivity index (χ1v) is 9.25. The van der Waals surface area contributed by atoms with E-state index < -0.39 is 0 Å². The van der Waals surface area contributed by atoms with Crippen molar-refractivity contribution in [1.82, 2.24) is 14.8 Å². The normalized spacial score (nSPS) is 21.1. The number of hydrogen-bond donors (Lipinski definition) is 1. The summed E-state index contributed by atoms with van der Waals surface area (Å²) in [4.78, 5) is 20.3. The Labute approximate surface area is 144 Å². The molecule has 132 valence electrons. The number of aliphatic hydroxyl groups excluding tert-OH is 1. The number of hydrogen-bond acceptors (Lipinski definition) is 4. The number of likely N-dealkylation sites (tertiary alicyclic amines) is 2. The third kappa shape index (κ3) is 3.95. The maximum atomic E-state index is 11.8. The second-order valence-electron chi connectivity index (χ2n) is 7.21. The number of amides is 1. The Hall–Kier alpha value is -1.46. The van der Waals surface area contributed by atoms with Gasteiger partial charge in [0.25, 0.3) is 0 Å². The molecule has 1 N–H and O–H groups in total. The number of nitrogens with zero attached hydrogens (tertiary/aromatic N) is 3. The Morgan fingerprint density at radius 2 is 1.79 bits per heavy atom. The summed E-state index contributed by atoms with van der Waals surface area (Å²) in [5, 5.41) is 9.09. The van der Waals surface area contributed by atoms with Crippen LogP contribution in [0.2, 0.25) is 0 Å². The van der Waals surface area contributed by atoms with E-state index in [-0.39, 0.29) is 17.9 Å². The average Bonchev–Trinajstić information content (AvgIpc) is 3.16. The summed E-state index contributed by atoms with van der Waals surface area (Å²) in [5.74, 6) is -0.143. The first-order chi connectivity index (χ1) is 11.7. The van der Waals surface area contributed by atoms with Crippen molar-refractivity contribution < 1.29 is 9.90 Å².